The van der Waals surface area contributed by atoms with E-state index in [0.29, 0.717) is 0 Å². The van der Waals surface area contributed by atoms with E-state index in [9.17, 15) is 19.8 Å². The molecule has 0 saturated carbocycles. The molecule has 0 saturated heterocycles. The molecule has 0 spiro atoms. The number of hydrogen-bond donors (Lipinski definition) is 0. The summed E-state index contributed by atoms with van der Waals surface area (Å²) in [6, 6.07) is 0. The van der Waals surface area contributed by atoms with E-state index in [1.54, 1.807) is 0 Å². The summed E-state index contributed by atoms with van der Waals surface area (Å²) < 4.78 is 0. The zero-order chi connectivity index (χ0) is 8.57. The van der Waals surface area contributed by atoms with Gasteiger partial charge in [0, 0.05) is 11.9 Å². The second kappa shape index (κ2) is 12.4. The van der Waals surface area contributed by atoms with Gasteiger partial charge in [0.2, 0.25) is 0 Å². The molecule has 4 nitrogen and oxygen atoms in total. The predicted molar refractivity (Wildman–Crippen MR) is 35.7 cm³/mol. The van der Waals surface area contributed by atoms with Gasteiger partial charge in [0.25, 0.3) is 0 Å². The maximum Gasteiger partial charge on any atom is 2.00 e. The quantitative estimate of drug-likeness (QED) is 0.517. The second-order valence-corrected chi connectivity index (χ2v) is 1.24. The van der Waals surface area contributed by atoms with E-state index >= 15 is 0 Å². The van der Waals surface area contributed by atoms with Crippen LogP contribution in [0.4, 0.5) is 0 Å². The minimum absolute atomic E-state index is 0. The van der Waals surface area contributed by atoms with Crippen molar-refractivity contribution in [3.05, 3.63) is 13.8 Å². The molecule has 0 aliphatic rings. The molecule has 0 bridgehead atoms. The van der Waals surface area contributed by atoms with E-state index in [-0.39, 0.29) is 36.7 Å². The molecule has 4 radical (unpaired) electrons. The fourth-order valence-corrected chi connectivity index (χ4v) is 0. The summed E-state index contributed by atoms with van der Waals surface area (Å²) >= 11 is 0. The van der Waals surface area contributed by atoms with Crippen molar-refractivity contribution >= 4 is 35.8 Å². The van der Waals surface area contributed by atoms with Crippen molar-refractivity contribution in [1.29, 1.82) is 0 Å². The average Bonchev–Trinajstić information content (AvgIpc) is 1.89. The molecule has 0 amide bonds. The summed E-state index contributed by atoms with van der Waals surface area (Å²) in [6.45, 7) is 6.05. The van der Waals surface area contributed by atoms with Gasteiger partial charge >= 0.3 is 23.9 Å². The number of aliphatic carboxylic acids is 2. The van der Waals surface area contributed by atoms with Gasteiger partial charge in [-0.15, -0.1) is 0 Å². The molecule has 0 aliphatic carbocycles. The Morgan fingerprint density at radius 3 is 1.09 bits per heavy atom. The van der Waals surface area contributed by atoms with E-state index < -0.39 is 11.9 Å². The Labute approximate surface area is 82.6 Å². The largest absolute Gasteiger partial charge is 2.00 e. The number of hydrogen-bond acceptors (Lipinski definition) is 4. The summed E-state index contributed by atoms with van der Waals surface area (Å²) in [5, 5.41) is 18.4. The Balaban J connectivity index is -0.000000107. The van der Waals surface area contributed by atoms with Crippen LogP contribution in [0.15, 0.2) is 0 Å². The van der Waals surface area contributed by atoms with Crippen LogP contribution in [0.1, 0.15) is 12.8 Å². The fraction of sp³-hybridized carbons (Fsp3) is 0.333. The van der Waals surface area contributed by atoms with Gasteiger partial charge < -0.3 is 19.8 Å². The minimum Gasteiger partial charge on any atom is -0.550 e. The number of carboxylic acid groups (broad SMARTS) is 2. The summed E-state index contributed by atoms with van der Waals surface area (Å²) in [5.41, 5.74) is 0. The number of carbonyl (C=O) groups is 2. The van der Waals surface area contributed by atoms with Crippen LogP contribution in [-0.2, 0) is 9.59 Å². The standard InChI is InChI=1S/2C3H5O2.Sn/c2*1-2-3(4)5;/h2*1-2H2,(H,4,5);/q;;+2/p-2. The predicted octanol–water partition coefficient (Wildman–Crippen LogP) is -2.46. The fourth-order valence-electron chi connectivity index (χ4n) is 0. The van der Waals surface area contributed by atoms with Crippen molar-refractivity contribution in [3.8, 4) is 0 Å². The molecular formula is C6H8O4Sn. The monoisotopic (exact) mass is 264 g/mol. The molecule has 0 aromatic heterocycles. The van der Waals surface area contributed by atoms with E-state index in [4.69, 9.17) is 0 Å². The number of rotatable bonds is 2. The topological polar surface area (TPSA) is 80.3 Å². The molecule has 0 heterocycles. The molecule has 0 aliphatic heterocycles. The Morgan fingerprint density at radius 2 is 1.09 bits per heavy atom. The molecule has 0 fully saturated rings. The van der Waals surface area contributed by atoms with Crippen molar-refractivity contribution in [2.75, 3.05) is 0 Å². The molecule has 60 valence electrons. The van der Waals surface area contributed by atoms with Gasteiger partial charge in [-0.05, 0) is 26.7 Å². The van der Waals surface area contributed by atoms with Gasteiger partial charge in [-0.3, -0.25) is 0 Å². The van der Waals surface area contributed by atoms with Gasteiger partial charge in [-0.25, -0.2) is 0 Å². The Kier molecular flexibility index (Phi) is 19.2. The first-order chi connectivity index (χ1) is 4.54. The van der Waals surface area contributed by atoms with E-state index in [2.05, 4.69) is 13.8 Å². The van der Waals surface area contributed by atoms with Gasteiger partial charge in [-0.2, -0.15) is 0 Å². The zero-order valence-electron chi connectivity index (χ0n) is 5.96. The van der Waals surface area contributed by atoms with Crippen molar-refractivity contribution in [2.45, 2.75) is 12.8 Å². The minimum atomic E-state index is -1.11. The van der Waals surface area contributed by atoms with Crippen LogP contribution in [0.3, 0.4) is 0 Å². The Morgan fingerprint density at radius 1 is 1.00 bits per heavy atom. The third kappa shape index (κ3) is 41.7. The van der Waals surface area contributed by atoms with Gasteiger partial charge in [0.1, 0.15) is 0 Å². The maximum atomic E-state index is 9.19. The normalized spacial score (nSPS) is 6.73. The van der Waals surface area contributed by atoms with Crippen LogP contribution >= 0.6 is 0 Å². The van der Waals surface area contributed by atoms with Gasteiger partial charge in [0.05, 0.1) is 0 Å². The van der Waals surface area contributed by atoms with E-state index in [0.717, 1.165) is 0 Å². The van der Waals surface area contributed by atoms with Gasteiger partial charge in [0.15, 0.2) is 0 Å². The third-order valence-corrected chi connectivity index (χ3v) is 0.408. The van der Waals surface area contributed by atoms with Crippen LogP contribution in [-0.4, -0.2) is 35.8 Å². The van der Waals surface area contributed by atoms with Crippen molar-refractivity contribution in [2.24, 2.45) is 0 Å². The summed E-state index contributed by atoms with van der Waals surface area (Å²) in [6.07, 6.45) is -0.278. The molecule has 0 N–H and O–H groups in total. The molecule has 0 aromatic carbocycles. The van der Waals surface area contributed by atoms with Crippen molar-refractivity contribution in [3.63, 3.8) is 0 Å². The average molecular weight is 263 g/mol. The van der Waals surface area contributed by atoms with Crippen LogP contribution in [0.5, 0.6) is 0 Å². The van der Waals surface area contributed by atoms with Crippen LogP contribution in [0, 0.1) is 13.8 Å². The number of carboxylic acids is 2. The van der Waals surface area contributed by atoms with Crippen LogP contribution < -0.4 is 10.2 Å². The first-order valence-electron chi connectivity index (χ1n) is 2.52. The molecule has 11 heavy (non-hydrogen) atoms. The zero-order valence-corrected chi connectivity index (χ0v) is 8.82. The Hall–Kier alpha value is -0.261. The molecular weight excluding hydrogens is 255 g/mol. The molecule has 0 unspecified atom stereocenters. The molecule has 0 atom stereocenters. The SMILES string of the molecule is [CH2]CC(=O)[O-].[CH2]CC(=O)[O-].[Sn+2]. The number of carbonyl (C=O) groups excluding carboxylic acids is 2. The summed E-state index contributed by atoms with van der Waals surface area (Å²) in [5.74, 6) is -2.21. The Bertz CT molecular complexity index is 99.1. The smallest absolute Gasteiger partial charge is 0.550 e. The summed E-state index contributed by atoms with van der Waals surface area (Å²) in [4.78, 5) is 18.4. The van der Waals surface area contributed by atoms with E-state index in [1.165, 1.54) is 0 Å². The molecule has 0 rings (SSSR count). The van der Waals surface area contributed by atoms with Crippen molar-refractivity contribution in [1.82, 2.24) is 0 Å². The van der Waals surface area contributed by atoms with E-state index in [1.807, 2.05) is 0 Å². The molecule has 0 aromatic rings. The maximum absolute atomic E-state index is 9.19. The summed E-state index contributed by atoms with van der Waals surface area (Å²) in [7, 11) is 0. The van der Waals surface area contributed by atoms with Crippen LogP contribution in [0.2, 0.25) is 0 Å². The van der Waals surface area contributed by atoms with Gasteiger partial charge in [-0.1, -0.05) is 0 Å². The first-order valence-corrected chi connectivity index (χ1v) is 2.52. The first kappa shape index (κ1) is 17.0. The van der Waals surface area contributed by atoms with Crippen molar-refractivity contribution < 1.29 is 19.8 Å². The third-order valence-electron chi connectivity index (χ3n) is 0.408. The molecule has 5 heteroatoms. The van der Waals surface area contributed by atoms with Crippen LogP contribution in [0.25, 0.3) is 0 Å². The second-order valence-electron chi connectivity index (χ2n) is 1.24.